The monoisotopic (exact) mass is 288 g/mol. The van der Waals surface area contributed by atoms with E-state index in [1.807, 2.05) is 0 Å². The Bertz CT molecular complexity index is 342. The Labute approximate surface area is 119 Å². The van der Waals surface area contributed by atoms with Crippen LogP contribution in [0.25, 0.3) is 0 Å². The van der Waals surface area contributed by atoms with Crippen LogP contribution in [0.15, 0.2) is 0 Å². The van der Waals surface area contributed by atoms with Gasteiger partial charge in [0.15, 0.2) is 5.78 Å². The van der Waals surface area contributed by atoms with Crippen LogP contribution in [0.3, 0.4) is 0 Å². The largest absolute Gasteiger partial charge is 0.466 e. The number of hydrogen-bond acceptors (Lipinski definition) is 6. The lowest BCUT2D eigenvalue weighted by atomic mass is 9.98. The number of Topliss-reactive ketones (excluding diaryl/α,β-unsaturated/α-hetero) is 1. The predicted octanol–water partition coefficient (Wildman–Crippen LogP) is 1.50. The standard InChI is InChI=1S/C14H24O6/c1-6-19-12(16)8-7-10(11(15)9-18-5)13(17)20-14(2,3)4/h10H,6-9H2,1-5H3. The van der Waals surface area contributed by atoms with Crippen molar-refractivity contribution in [2.75, 3.05) is 20.3 Å². The number of methoxy groups -OCH3 is 1. The lowest BCUT2D eigenvalue weighted by Gasteiger charge is -2.23. The van der Waals surface area contributed by atoms with Crippen molar-refractivity contribution in [3.05, 3.63) is 0 Å². The van der Waals surface area contributed by atoms with E-state index in [2.05, 4.69) is 0 Å². The highest BCUT2D eigenvalue weighted by Crippen LogP contribution is 2.17. The first-order valence-corrected chi connectivity index (χ1v) is 6.61. The third-order valence-electron chi connectivity index (χ3n) is 2.31. The fourth-order valence-electron chi connectivity index (χ4n) is 1.52. The number of ketones is 1. The van der Waals surface area contributed by atoms with Crippen molar-refractivity contribution in [2.24, 2.45) is 5.92 Å². The quantitative estimate of drug-likeness (QED) is 0.497. The van der Waals surface area contributed by atoms with Gasteiger partial charge in [-0.3, -0.25) is 14.4 Å². The van der Waals surface area contributed by atoms with Crippen molar-refractivity contribution in [1.82, 2.24) is 0 Å². The first kappa shape index (κ1) is 18.6. The molecule has 6 nitrogen and oxygen atoms in total. The van der Waals surface area contributed by atoms with Crippen molar-refractivity contribution < 1.29 is 28.6 Å². The smallest absolute Gasteiger partial charge is 0.317 e. The third-order valence-corrected chi connectivity index (χ3v) is 2.31. The summed E-state index contributed by atoms with van der Waals surface area (Å²) in [7, 11) is 1.37. The van der Waals surface area contributed by atoms with Crippen LogP contribution in [0.2, 0.25) is 0 Å². The lowest BCUT2D eigenvalue weighted by molar-refractivity contribution is -0.163. The number of carbonyl (C=O) groups excluding carboxylic acids is 3. The Balaban J connectivity index is 4.68. The van der Waals surface area contributed by atoms with Crippen LogP contribution in [0.5, 0.6) is 0 Å². The van der Waals surface area contributed by atoms with E-state index in [1.54, 1.807) is 27.7 Å². The van der Waals surface area contributed by atoms with E-state index >= 15 is 0 Å². The molecule has 0 aromatic carbocycles. The van der Waals surface area contributed by atoms with E-state index in [0.29, 0.717) is 0 Å². The van der Waals surface area contributed by atoms with Gasteiger partial charge in [0.1, 0.15) is 18.1 Å². The normalized spacial score (nSPS) is 12.7. The number of rotatable bonds is 8. The minimum absolute atomic E-state index is 0.00674. The van der Waals surface area contributed by atoms with Crippen LogP contribution in [0, 0.1) is 5.92 Å². The van der Waals surface area contributed by atoms with Crippen molar-refractivity contribution in [3.8, 4) is 0 Å². The summed E-state index contributed by atoms with van der Waals surface area (Å²) in [6.07, 6.45) is 0.0587. The zero-order valence-electron chi connectivity index (χ0n) is 12.9. The van der Waals surface area contributed by atoms with Gasteiger partial charge in [-0.25, -0.2) is 0 Å². The third kappa shape index (κ3) is 7.89. The molecule has 0 N–H and O–H groups in total. The highest BCUT2D eigenvalue weighted by molar-refractivity contribution is 6.00. The summed E-state index contributed by atoms with van der Waals surface area (Å²) >= 11 is 0. The zero-order chi connectivity index (χ0) is 15.8. The van der Waals surface area contributed by atoms with Gasteiger partial charge in [-0.1, -0.05) is 0 Å². The predicted molar refractivity (Wildman–Crippen MR) is 72.1 cm³/mol. The van der Waals surface area contributed by atoms with Crippen molar-refractivity contribution in [3.63, 3.8) is 0 Å². The Morgan fingerprint density at radius 3 is 2.20 bits per heavy atom. The van der Waals surface area contributed by atoms with Gasteiger partial charge in [-0.2, -0.15) is 0 Å². The molecule has 0 saturated heterocycles. The van der Waals surface area contributed by atoms with Gasteiger partial charge in [0.05, 0.1) is 6.61 Å². The molecule has 0 aromatic rings. The summed E-state index contributed by atoms with van der Waals surface area (Å²) in [6.45, 7) is 6.92. The number of ether oxygens (including phenoxy) is 3. The molecule has 0 aliphatic heterocycles. The highest BCUT2D eigenvalue weighted by Gasteiger charge is 2.31. The molecule has 0 aromatic heterocycles. The summed E-state index contributed by atoms with van der Waals surface area (Å²) in [6, 6.07) is 0. The van der Waals surface area contributed by atoms with Crippen LogP contribution < -0.4 is 0 Å². The molecule has 116 valence electrons. The summed E-state index contributed by atoms with van der Waals surface area (Å²) in [5.74, 6) is -2.47. The fraction of sp³-hybridized carbons (Fsp3) is 0.786. The second kappa shape index (κ2) is 8.68. The maximum Gasteiger partial charge on any atom is 0.317 e. The minimum Gasteiger partial charge on any atom is -0.466 e. The molecule has 0 spiro atoms. The van der Waals surface area contributed by atoms with E-state index in [0.717, 1.165) is 0 Å². The van der Waals surface area contributed by atoms with Gasteiger partial charge in [0.2, 0.25) is 0 Å². The average Bonchev–Trinajstić information content (AvgIpc) is 2.27. The molecule has 0 amide bonds. The molecule has 20 heavy (non-hydrogen) atoms. The number of carbonyl (C=O) groups is 3. The molecule has 1 unspecified atom stereocenters. The average molecular weight is 288 g/mol. The molecule has 0 radical (unpaired) electrons. The molecule has 6 heteroatoms. The van der Waals surface area contributed by atoms with Crippen LogP contribution >= 0.6 is 0 Å². The summed E-state index contributed by atoms with van der Waals surface area (Å²) in [5.41, 5.74) is -0.688. The fourth-order valence-corrected chi connectivity index (χ4v) is 1.52. The molecule has 0 fully saturated rings. The van der Waals surface area contributed by atoms with Crippen molar-refractivity contribution >= 4 is 17.7 Å². The molecule has 0 aliphatic carbocycles. The van der Waals surface area contributed by atoms with E-state index in [4.69, 9.17) is 14.2 Å². The molecule has 0 heterocycles. The Morgan fingerprint density at radius 2 is 1.75 bits per heavy atom. The Hall–Kier alpha value is -1.43. The van der Waals surface area contributed by atoms with E-state index < -0.39 is 29.2 Å². The lowest BCUT2D eigenvalue weighted by Crippen LogP contribution is -2.34. The highest BCUT2D eigenvalue weighted by atomic mass is 16.6. The van der Waals surface area contributed by atoms with Crippen molar-refractivity contribution in [2.45, 2.75) is 46.1 Å². The van der Waals surface area contributed by atoms with Crippen molar-refractivity contribution in [1.29, 1.82) is 0 Å². The van der Waals surface area contributed by atoms with E-state index in [-0.39, 0.29) is 26.1 Å². The van der Waals surface area contributed by atoms with Crippen LogP contribution in [0.4, 0.5) is 0 Å². The van der Waals surface area contributed by atoms with Gasteiger partial charge in [0.25, 0.3) is 0 Å². The maximum atomic E-state index is 12.0. The second-order valence-corrected chi connectivity index (χ2v) is 5.33. The summed E-state index contributed by atoms with van der Waals surface area (Å²) < 4.78 is 14.7. The molecular formula is C14H24O6. The molecular weight excluding hydrogens is 264 g/mol. The molecule has 0 bridgehead atoms. The second-order valence-electron chi connectivity index (χ2n) is 5.33. The van der Waals surface area contributed by atoms with Gasteiger partial charge in [-0.05, 0) is 34.1 Å². The van der Waals surface area contributed by atoms with Gasteiger partial charge < -0.3 is 14.2 Å². The first-order chi connectivity index (χ1) is 9.21. The maximum absolute atomic E-state index is 12.0. The molecule has 0 saturated carbocycles. The summed E-state index contributed by atoms with van der Waals surface area (Å²) in [4.78, 5) is 35.2. The van der Waals surface area contributed by atoms with Crippen LogP contribution in [-0.2, 0) is 28.6 Å². The van der Waals surface area contributed by atoms with Gasteiger partial charge in [-0.15, -0.1) is 0 Å². The Morgan fingerprint density at radius 1 is 1.15 bits per heavy atom. The van der Waals surface area contributed by atoms with E-state index in [9.17, 15) is 14.4 Å². The van der Waals surface area contributed by atoms with Crippen LogP contribution in [-0.4, -0.2) is 43.6 Å². The first-order valence-electron chi connectivity index (χ1n) is 6.61. The topological polar surface area (TPSA) is 78.9 Å². The Kier molecular flexibility index (Phi) is 8.06. The van der Waals surface area contributed by atoms with Gasteiger partial charge in [0, 0.05) is 13.5 Å². The zero-order valence-corrected chi connectivity index (χ0v) is 12.9. The minimum atomic E-state index is -1.00. The van der Waals surface area contributed by atoms with E-state index in [1.165, 1.54) is 7.11 Å². The summed E-state index contributed by atoms with van der Waals surface area (Å²) in [5, 5.41) is 0. The number of esters is 2. The van der Waals surface area contributed by atoms with Gasteiger partial charge >= 0.3 is 11.9 Å². The SMILES string of the molecule is CCOC(=O)CCC(C(=O)COC)C(=O)OC(C)(C)C. The van der Waals surface area contributed by atoms with Crippen LogP contribution in [0.1, 0.15) is 40.5 Å². The molecule has 0 rings (SSSR count). The number of hydrogen-bond donors (Lipinski definition) is 0. The molecule has 1 atom stereocenters. The molecule has 0 aliphatic rings.